The highest BCUT2D eigenvalue weighted by Gasteiger charge is 2.33. The van der Waals surface area contributed by atoms with Crippen LogP contribution in [-0.4, -0.2) is 28.1 Å². The van der Waals surface area contributed by atoms with Crippen LogP contribution in [0, 0.1) is 0 Å². The fourth-order valence-electron chi connectivity index (χ4n) is 2.47. The van der Waals surface area contributed by atoms with Crippen LogP contribution in [0.1, 0.15) is 37.7 Å². The Labute approximate surface area is 118 Å². The number of nitrogens with zero attached hydrogens (tertiary/aromatic N) is 1. The molecule has 0 radical (unpaired) electrons. The maximum absolute atomic E-state index is 11.7. The van der Waals surface area contributed by atoms with Gasteiger partial charge in [0, 0.05) is 12.7 Å². The summed E-state index contributed by atoms with van der Waals surface area (Å²) < 4.78 is 0. The Morgan fingerprint density at radius 3 is 2.79 bits per heavy atom. The number of carbonyl (C=O) groups excluding carboxylic acids is 1. The number of hydrogen-bond donors (Lipinski definition) is 2. The molecule has 1 fully saturated rings. The van der Waals surface area contributed by atoms with Crippen molar-refractivity contribution in [1.82, 2.24) is 10.3 Å². The van der Waals surface area contributed by atoms with E-state index in [0.717, 1.165) is 31.2 Å². The van der Waals surface area contributed by atoms with Gasteiger partial charge in [-0.25, -0.2) is 4.98 Å². The minimum absolute atomic E-state index is 0.0775. The summed E-state index contributed by atoms with van der Waals surface area (Å²) in [5, 5.41) is 13.4. The summed E-state index contributed by atoms with van der Waals surface area (Å²) in [6.07, 6.45) is 6.14. The number of aliphatic hydroxyl groups is 1. The molecule has 1 saturated carbocycles. The third-order valence-corrected chi connectivity index (χ3v) is 3.77. The Kier molecular flexibility index (Phi) is 4.77. The van der Waals surface area contributed by atoms with E-state index >= 15 is 0 Å². The first kappa shape index (κ1) is 14.3. The molecule has 19 heavy (non-hydrogen) atoms. The molecule has 1 aromatic heterocycles. The van der Waals surface area contributed by atoms with Gasteiger partial charge in [0.05, 0.1) is 12.0 Å². The second kappa shape index (κ2) is 6.35. The molecule has 0 atom stereocenters. The normalized spacial score (nSPS) is 17.4. The van der Waals surface area contributed by atoms with Crippen LogP contribution in [0.4, 0.5) is 0 Å². The molecule has 0 unspecified atom stereocenters. The SMILES string of the molecule is O=C(CC1(O)CCCC1)NCCc1ccc(Cl)nc1. The van der Waals surface area contributed by atoms with Crippen molar-refractivity contribution in [1.29, 1.82) is 0 Å². The minimum Gasteiger partial charge on any atom is -0.389 e. The summed E-state index contributed by atoms with van der Waals surface area (Å²) in [7, 11) is 0. The van der Waals surface area contributed by atoms with Crippen molar-refractivity contribution in [3.63, 3.8) is 0 Å². The number of carbonyl (C=O) groups is 1. The Hall–Kier alpha value is -1.13. The first-order valence-corrected chi connectivity index (χ1v) is 7.05. The van der Waals surface area contributed by atoms with Crippen molar-refractivity contribution >= 4 is 17.5 Å². The molecule has 5 heteroatoms. The van der Waals surface area contributed by atoms with Gasteiger partial charge in [0.15, 0.2) is 0 Å². The van der Waals surface area contributed by atoms with Gasteiger partial charge in [-0.2, -0.15) is 0 Å². The molecule has 0 bridgehead atoms. The van der Waals surface area contributed by atoms with Crippen molar-refractivity contribution < 1.29 is 9.90 Å². The molecule has 0 spiro atoms. The second-order valence-corrected chi connectivity index (χ2v) is 5.58. The first-order chi connectivity index (χ1) is 9.07. The topological polar surface area (TPSA) is 62.2 Å². The Balaban J connectivity index is 1.70. The molecular weight excluding hydrogens is 264 g/mol. The largest absolute Gasteiger partial charge is 0.389 e. The van der Waals surface area contributed by atoms with E-state index in [4.69, 9.17) is 11.6 Å². The van der Waals surface area contributed by atoms with Crippen LogP contribution in [-0.2, 0) is 11.2 Å². The molecule has 1 aliphatic carbocycles. The number of hydrogen-bond acceptors (Lipinski definition) is 3. The Morgan fingerprint density at radius 1 is 1.42 bits per heavy atom. The lowest BCUT2D eigenvalue weighted by Gasteiger charge is -2.21. The van der Waals surface area contributed by atoms with Gasteiger partial charge >= 0.3 is 0 Å². The third kappa shape index (κ3) is 4.48. The molecule has 2 N–H and O–H groups in total. The van der Waals surface area contributed by atoms with Gasteiger partial charge in [0.1, 0.15) is 5.15 Å². The summed E-state index contributed by atoms with van der Waals surface area (Å²) in [5.41, 5.74) is 0.260. The van der Waals surface area contributed by atoms with Crippen LogP contribution in [0.25, 0.3) is 0 Å². The molecule has 1 heterocycles. The van der Waals surface area contributed by atoms with Crippen molar-refractivity contribution in [3.8, 4) is 0 Å². The smallest absolute Gasteiger partial charge is 0.222 e. The molecule has 0 aromatic carbocycles. The van der Waals surface area contributed by atoms with Crippen LogP contribution in [0.5, 0.6) is 0 Å². The van der Waals surface area contributed by atoms with Gasteiger partial charge < -0.3 is 10.4 Å². The summed E-state index contributed by atoms with van der Waals surface area (Å²) in [6, 6.07) is 3.63. The lowest BCUT2D eigenvalue weighted by Crippen LogP contribution is -2.35. The highest BCUT2D eigenvalue weighted by atomic mass is 35.5. The summed E-state index contributed by atoms with van der Waals surface area (Å²) >= 11 is 5.70. The van der Waals surface area contributed by atoms with Gasteiger partial charge in [-0.1, -0.05) is 30.5 Å². The molecule has 1 aromatic rings. The van der Waals surface area contributed by atoms with Gasteiger partial charge in [-0.3, -0.25) is 4.79 Å². The number of nitrogens with one attached hydrogen (secondary N) is 1. The van der Waals surface area contributed by atoms with Crippen LogP contribution < -0.4 is 5.32 Å². The van der Waals surface area contributed by atoms with Crippen molar-refractivity contribution in [2.45, 2.75) is 44.1 Å². The molecule has 1 aliphatic rings. The van der Waals surface area contributed by atoms with Crippen LogP contribution in [0.3, 0.4) is 0 Å². The van der Waals surface area contributed by atoms with Crippen LogP contribution in [0.15, 0.2) is 18.3 Å². The van der Waals surface area contributed by atoms with Crippen molar-refractivity contribution in [2.75, 3.05) is 6.54 Å². The van der Waals surface area contributed by atoms with E-state index in [2.05, 4.69) is 10.3 Å². The summed E-state index contributed by atoms with van der Waals surface area (Å²) in [4.78, 5) is 15.7. The maximum atomic E-state index is 11.7. The van der Waals surface area contributed by atoms with Crippen molar-refractivity contribution in [2.24, 2.45) is 0 Å². The summed E-state index contributed by atoms with van der Waals surface area (Å²) in [6.45, 7) is 0.554. The van der Waals surface area contributed by atoms with E-state index in [0.29, 0.717) is 18.1 Å². The Bertz CT molecular complexity index is 428. The number of rotatable bonds is 5. The molecular formula is C14H19ClN2O2. The van der Waals surface area contributed by atoms with E-state index in [1.54, 1.807) is 12.3 Å². The van der Waals surface area contributed by atoms with E-state index in [1.807, 2.05) is 6.07 Å². The van der Waals surface area contributed by atoms with E-state index in [1.165, 1.54) is 0 Å². The minimum atomic E-state index is -0.772. The maximum Gasteiger partial charge on any atom is 0.222 e. The van der Waals surface area contributed by atoms with Crippen LogP contribution >= 0.6 is 11.6 Å². The van der Waals surface area contributed by atoms with Crippen LogP contribution in [0.2, 0.25) is 5.15 Å². The van der Waals surface area contributed by atoms with Gasteiger partial charge in [-0.15, -0.1) is 0 Å². The summed E-state index contributed by atoms with van der Waals surface area (Å²) in [5.74, 6) is -0.0775. The van der Waals surface area contributed by atoms with E-state index < -0.39 is 5.60 Å². The molecule has 1 amide bonds. The third-order valence-electron chi connectivity index (χ3n) is 3.55. The number of halogens is 1. The fourth-order valence-corrected chi connectivity index (χ4v) is 2.58. The zero-order chi connectivity index (χ0) is 13.7. The first-order valence-electron chi connectivity index (χ1n) is 6.67. The van der Waals surface area contributed by atoms with Gasteiger partial charge in [0.2, 0.25) is 5.91 Å². The zero-order valence-corrected chi connectivity index (χ0v) is 11.6. The molecule has 0 saturated heterocycles. The van der Waals surface area contributed by atoms with Gasteiger partial charge in [0.25, 0.3) is 0 Å². The van der Waals surface area contributed by atoms with Gasteiger partial charge in [-0.05, 0) is 30.9 Å². The molecule has 104 valence electrons. The molecule has 2 rings (SSSR count). The monoisotopic (exact) mass is 282 g/mol. The molecule has 0 aliphatic heterocycles. The predicted molar refractivity (Wildman–Crippen MR) is 74.0 cm³/mol. The highest BCUT2D eigenvalue weighted by molar-refractivity contribution is 6.29. The number of amides is 1. The molecule has 4 nitrogen and oxygen atoms in total. The van der Waals surface area contributed by atoms with E-state index in [9.17, 15) is 9.90 Å². The quantitative estimate of drug-likeness (QED) is 0.813. The fraction of sp³-hybridized carbons (Fsp3) is 0.571. The zero-order valence-electron chi connectivity index (χ0n) is 10.9. The lowest BCUT2D eigenvalue weighted by atomic mass is 9.98. The van der Waals surface area contributed by atoms with E-state index in [-0.39, 0.29) is 12.3 Å². The second-order valence-electron chi connectivity index (χ2n) is 5.20. The average Bonchev–Trinajstić information content (AvgIpc) is 2.78. The predicted octanol–water partition coefficient (Wildman–Crippen LogP) is 2.09. The average molecular weight is 283 g/mol. The number of aromatic nitrogens is 1. The number of pyridine rings is 1. The standard InChI is InChI=1S/C14H19ClN2O2/c15-12-4-3-11(10-17-12)5-8-16-13(18)9-14(19)6-1-2-7-14/h3-4,10,19H,1-2,5-9H2,(H,16,18). The Morgan fingerprint density at radius 2 is 2.16 bits per heavy atom. The lowest BCUT2D eigenvalue weighted by molar-refractivity contribution is -0.125. The van der Waals surface area contributed by atoms with Crippen molar-refractivity contribution in [3.05, 3.63) is 29.0 Å². The highest BCUT2D eigenvalue weighted by Crippen LogP contribution is 2.32.